The van der Waals surface area contributed by atoms with Crippen LogP contribution in [0.4, 0.5) is 0 Å². The molecule has 1 aliphatic rings. The number of aryl methyl sites for hydroxylation is 2. The highest BCUT2D eigenvalue weighted by Crippen LogP contribution is 2.36. The first-order valence-corrected chi connectivity index (χ1v) is 9.76. The molecule has 5 heteroatoms. The predicted molar refractivity (Wildman–Crippen MR) is 110 cm³/mol. The molecule has 2 aromatic rings. The molecule has 3 N–H and O–H groups in total. The zero-order valence-corrected chi connectivity index (χ0v) is 16.3. The van der Waals surface area contributed by atoms with Gasteiger partial charge in [0.25, 0.3) is 5.91 Å². The van der Waals surface area contributed by atoms with Gasteiger partial charge < -0.3 is 5.11 Å². The number of hydrogen-bond donors (Lipinski definition) is 3. The maximum atomic E-state index is 11.2. The summed E-state index contributed by atoms with van der Waals surface area (Å²) in [6.07, 6.45) is 5.99. The number of nitrogens with one attached hydrogen (secondary N) is 1. The molecule has 0 saturated carbocycles. The molecule has 148 valence electrons. The lowest BCUT2D eigenvalue weighted by Gasteiger charge is -2.29. The second kappa shape index (κ2) is 9.64. The van der Waals surface area contributed by atoms with Crippen molar-refractivity contribution in [2.45, 2.75) is 32.2 Å². The Labute approximate surface area is 166 Å². The fourth-order valence-corrected chi connectivity index (χ4v) is 4.00. The maximum Gasteiger partial charge on any atom is 0.267 e. The molecule has 1 aliphatic carbocycles. The highest BCUT2D eigenvalue weighted by atomic mass is 16.5. The standard InChI is InChI=1S/C23H28N2O3/c1-17-3-2-4-18(15-17)11-12-25(13-14-26)22-9-7-20-16-19(5-8-21(20)22)6-10-23(27)24-28/h2-6,8,10,15-16,22,26,28H,7,9,11-14H2,1H3,(H,24,27)/b10-6+. The summed E-state index contributed by atoms with van der Waals surface area (Å²) in [5.74, 6) is -0.538. The lowest BCUT2D eigenvalue weighted by Crippen LogP contribution is -2.32. The molecule has 0 aromatic heterocycles. The van der Waals surface area contributed by atoms with E-state index in [9.17, 15) is 9.90 Å². The van der Waals surface area contributed by atoms with E-state index in [4.69, 9.17) is 5.21 Å². The zero-order valence-electron chi connectivity index (χ0n) is 16.3. The predicted octanol–water partition coefficient (Wildman–Crippen LogP) is 3.04. The fraction of sp³-hybridized carbons (Fsp3) is 0.348. The number of aliphatic hydroxyl groups excluding tert-OH is 1. The largest absolute Gasteiger partial charge is 0.395 e. The topological polar surface area (TPSA) is 72.8 Å². The van der Waals surface area contributed by atoms with E-state index in [1.165, 1.54) is 28.3 Å². The van der Waals surface area contributed by atoms with Crippen LogP contribution in [0.25, 0.3) is 6.08 Å². The fourth-order valence-electron chi connectivity index (χ4n) is 4.00. The molecule has 0 saturated heterocycles. The molecule has 3 rings (SSSR count). The summed E-state index contributed by atoms with van der Waals surface area (Å²) in [5, 5.41) is 18.2. The van der Waals surface area contributed by atoms with Crippen LogP contribution < -0.4 is 5.48 Å². The average molecular weight is 380 g/mol. The van der Waals surface area contributed by atoms with Gasteiger partial charge in [-0.15, -0.1) is 0 Å². The van der Waals surface area contributed by atoms with Crippen molar-refractivity contribution in [3.8, 4) is 0 Å². The summed E-state index contributed by atoms with van der Waals surface area (Å²) in [6.45, 7) is 3.83. The summed E-state index contributed by atoms with van der Waals surface area (Å²) in [7, 11) is 0. The van der Waals surface area contributed by atoms with Crippen molar-refractivity contribution in [3.63, 3.8) is 0 Å². The van der Waals surface area contributed by atoms with E-state index in [1.54, 1.807) is 11.6 Å². The van der Waals surface area contributed by atoms with E-state index in [0.29, 0.717) is 12.6 Å². The maximum absolute atomic E-state index is 11.2. The summed E-state index contributed by atoms with van der Waals surface area (Å²) >= 11 is 0. The zero-order chi connectivity index (χ0) is 19.9. The van der Waals surface area contributed by atoms with Crippen LogP contribution in [-0.4, -0.2) is 40.8 Å². The number of hydroxylamine groups is 1. The van der Waals surface area contributed by atoms with Crippen LogP contribution in [0, 0.1) is 6.92 Å². The molecule has 1 unspecified atom stereocenters. The van der Waals surface area contributed by atoms with Gasteiger partial charge in [0.05, 0.1) is 6.61 Å². The first-order chi connectivity index (χ1) is 13.6. The minimum atomic E-state index is -0.538. The lowest BCUT2D eigenvalue weighted by atomic mass is 10.0. The van der Waals surface area contributed by atoms with E-state index >= 15 is 0 Å². The molecule has 0 fully saturated rings. The third-order valence-electron chi connectivity index (χ3n) is 5.35. The van der Waals surface area contributed by atoms with Crippen LogP contribution in [0.2, 0.25) is 0 Å². The summed E-state index contributed by atoms with van der Waals surface area (Å²) < 4.78 is 0. The number of aliphatic hydroxyl groups is 1. The number of carbonyl (C=O) groups is 1. The Kier molecular flexibility index (Phi) is 6.98. The van der Waals surface area contributed by atoms with E-state index in [1.807, 2.05) is 6.07 Å². The van der Waals surface area contributed by atoms with Gasteiger partial charge in [-0.25, -0.2) is 5.48 Å². The Morgan fingerprint density at radius 2 is 2.11 bits per heavy atom. The molecule has 28 heavy (non-hydrogen) atoms. The van der Waals surface area contributed by atoms with E-state index < -0.39 is 5.91 Å². The Bertz CT molecular complexity index is 847. The molecular formula is C23H28N2O3. The van der Waals surface area contributed by atoms with Crippen molar-refractivity contribution < 1.29 is 15.1 Å². The minimum absolute atomic E-state index is 0.150. The van der Waals surface area contributed by atoms with Gasteiger partial charge >= 0.3 is 0 Å². The Morgan fingerprint density at radius 3 is 2.86 bits per heavy atom. The molecule has 1 atom stereocenters. The van der Waals surface area contributed by atoms with Gasteiger partial charge in [0.15, 0.2) is 0 Å². The number of benzene rings is 2. The number of amides is 1. The first-order valence-electron chi connectivity index (χ1n) is 9.76. The van der Waals surface area contributed by atoms with E-state index in [2.05, 4.69) is 48.2 Å². The van der Waals surface area contributed by atoms with Gasteiger partial charge in [0.2, 0.25) is 0 Å². The molecule has 0 spiro atoms. The third kappa shape index (κ3) is 5.07. The van der Waals surface area contributed by atoms with E-state index in [0.717, 1.165) is 31.4 Å². The number of rotatable bonds is 8. The highest BCUT2D eigenvalue weighted by molar-refractivity contribution is 5.90. The third-order valence-corrected chi connectivity index (χ3v) is 5.35. The monoisotopic (exact) mass is 380 g/mol. The smallest absolute Gasteiger partial charge is 0.267 e. The molecule has 0 radical (unpaired) electrons. The molecule has 0 aliphatic heterocycles. The van der Waals surface area contributed by atoms with Gasteiger partial charge in [-0.05, 0) is 54.5 Å². The summed E-state index contributed by atoms with van der Waals surface area (Å²) in [4.78, 5) is 13.5. The van der Waals surface area contributed by atoms with Crippen LogP contribution in [0.1, 0.15) is 40.3 Å². The van der Waals surface area contributed by atoms with Gasteiger partial charge in [-0.3, -0.25) is 14.9 Å². The van der Waals surface area contributed by atoms with Gasteiger partial charge in [-0.2, -0.15) is 0 Å². The number of hydrogen-bond acceptors (Lipinski definition) is 4. The Balaban J connectivity index is 1.72. The molecule has 2 aromatic carbocycles. The van der Waals surface area contributed by atoms with Gasteiger partial charge in [-0.1, -0.05) is 48.0 Å². The van der Waals surface area contributed by atoms with Crippen LogP contribution >= 0.6 is 0 Å². The van der Waals surface area contributed by atoms with E-state index in [-0.39, 0.29) is 6.61 Å². The quantitative estimate of drug-likeness (QED) is 0.374. The van der Waals surface area contributed by atoms with Crippen LogP contribution in [0.3, 0.4) is 0 Å². The number of fused-ring (bicyclic) bond motifs is 1. The number of carbonyl (C=O) groups excluding carboxylic acids is 1. The number of nitrogens with zero attached hydrogens (tertiary/aromatic N) is 1. The van der Waals surface area contributed by atoms with Crippen molar-refractivity contribution in [1.29, 1.82) is 0 Å². The normalized spacial score (nSPS) is 15.9. The van der Waals surface area contributed by atoms with Gasteiger partial charge in [0.1, 0.15) is 0 Å². The minimum Gasteiger partial charge on any atom is -0.395 e. The molecule has 0 heterocycles. The Morgan fingerprint density at radius 1 is 1.25 bits per heavy atom. The average Bonchev–Trinajstić information content (AvgIpc) is 3.12. The van der Waals surface area contributed by atoms with Crippen LogP contribution in [-0.2, 0) is 17.6 Å². The molecule has 1 amide bonds. The molecular weight excluding hydrogens is 352 g/mol. The molecule has 0 bridgehead atoms. The lowest BCUT2D eigenvalue weighted by molar-refractivity contribution is -0.124. The Hall–Kier alpha value is -2.47. The first kappa shape index (κ1) is 20.3. The second-order valence-corrected chi connectivity index (χ2v) is 7.32. The van der Waals surface area contributed by atoms with Crippen LogP contribution in [0.15, 0.2) is 48.5 Å². The second-order valence-electron chi connectivity index (χ2n) is 7.32. The SMILES string of the molecule is Cc1cccc(CCN(CCO)C2CCc3cc(/C=C/C(=O)NO)ccc32)c1. The molecule has 5 nitrogen and oxygen atoms in total. The van der Waals surface area contributed by atoms with Crippen LogP contribution in [0.5, 0.6) is 0 Å². The van der Waals surface area contributed by atoms with Crippen molar-refractivity contribution in [3.05, 3.63) is 76.4 Å². The summed E-state index contributed by atoms with van der Waals surface area (Å²) in [5.41, 5.74) is 7.73. The van der Waals surface area contributed by atoms with Crippen molar-refractivity contribution in [1.82, 2.24) is 10.4 Å². The van der Waals surface area contributed by atoms with Crippen molar-refractivity contribution in [2.75, 3.05) is 19.7 Å². The van der Waals surface area contributed by atoms with Crippen molar-refractivity contribution in [2.24, 2.45) is 0 Å². The van der Waals surface area contributed by atoms with Gasteiger partial charge in [0, 0.05) is 25.2 Å². The van der Waals surface area contributed by atoms with Crippen molar-refractivity contribution >= 4 is 12.0 Å². The summed E-state index contributed by atoms with van der Waals surface area (Å²) in [6, 6.07) is 15.1. The highest BCUT2D eigenvalue weighted by Gasteiger charge is 2.27.